The summed E-state index contributed by atoms with van der Waals surface area (Å²) in [6.07, 6.45) is 2.89. The predicted molar refractivity (Wildman–Crippen MR) is 92.8 cm³/mol. The van der Waals surface area contributed by atoms with E-state index in [0.717, 1.165) is 10.9 Å². The number of aromatic amines is 1. The lowest BCUT2D eigenvalue weighted by molar-refractivity contribution is -0.126. The highest BCUT2D eigenvalue weighted by molar-refractivity contribution is 8.00. The monoisotopic (exact) mass is 350 g/mol. The number of H-pyrrole nitrogens is 1. The number of hydrogen-bond acceptors (Lipinski definition) is 4. The Balaban J connectivity index is 1.73. The molecule has 2 amide bonds. The molecule has 2 aromatic rings. The van der Waals surface area contributed by atoms with Gasteiger partial charge in [0, 0.05) is 24.2 Å². The first-order chi connectivity index (χ1) is 11.1. The molecule has 0 bridgehead atoms. The Kier molecular flexibility index (Phi) is 4.58. The molecule has 2 N–H and O–H groups in total. The van der Waals surface area contributed by atoms with Crippen LogP contribution in [0.5, 0.6) is 0 Å². The molecule has 1 saturated heterocycles. The highest BCUT2D eigenvalue weighted by atomic mass is 35.5. The first kappa shape index (κ1) is 15.9. The standard InChI is InChI=1S/C15H15ClN4O2S/c1-2-13(21)20-5-6-23-12(8-20)15(22)18-11-4-3-10-9(14(11)16)7-17-19-10/h2-4,7,12H,1,5-6,8H2,(H,17,19)(H,18,22). The molecule has 1 aliphatic heterocycles. The number of fused-ring (bicyclic) bond motifs is 1. The summed E-state index contributed by atoms with van der Waals surface area (Å²) in [5, 5.41) is 10.5. The lowest BCUT2D eigenvalue weighted by atomic mass is 10.2. The first-order valence-corrected chi connectivity index (χ1v) is 8.48. The number of thioether (sulfide) groups is 1. The van der Waals surface area contributed by atoms with E-state index in [1.54, 1.807) is 17.2 Å². The van der Waals surface area contributed by atoms with Gasteiger partial charge < -0.3 is 10.2 Å². The Bertz CT molecular complexity index is 776. The van der Waals surface area contributed by atoms with Crippen molar-refractivity contribution in [3.8, 4) is 0 Å². The van der Waals surface area contributed by atoms with Crippen LogP contribution in [0.15, 0.2) is 31.0 Å². The number of amides is 2. The molecule has 1 fully saturated rings. The quantitative estimate of drug-likeness (QED) is 0.832. The number of anilines is 1. The van der Waals surface area contributed by atoms with Crippen molar-refractivity contribution in [3.63, 3.8) is 0 Å². The van der Waals surface area contributed by atoms with Gasteiger partial charge in [0.15, 0.2) is 0 Å². The summed E-state index contributed by atoms with van der Waals surface area (Å²) in [7, 11) is 0. The third kappa shape index (κ3) is 3.20. The van der Waals surface area contributed by atoms with Gasteiger partial charge in [0.2, 0.25) is 11.8 Å². The molecule has 2 heterocycles. The van der Waals surface area contributed by atoms with E-state index in [9.17, 15) is 9.59 Å². The number of nitrogens with one attached hydrogen (secondary N) is 2. The van der Waals surface area contributed by atoms with Crippen LogP contribution >= 0.6 is 23.4 Å². The minimum Gasteiger partial charge on any atom is -0.337 e. The van der Waals surface area contributed by atoms with Gasteiger partial charge in [-0.1, -0.05) is 18.2 Å². The van der Waals surface area contributed by atoms with Gasteiger partial charge in [-0.2, -0.15) is 5.10 Å². The Labute approximate surface area is 142 Å². The van der Waals surface area contributed by atoms with Crippen LogP contribution in [0.1, 0.15) is 0 Å². The highest BCUT2D eigenvalue weighted by Gasteiger charge is 2.28. The summed E-state index contributed by atoms with van der Waals surface area (Å²) in [4.78, 5) is 25.8. The number of aromatic nitrogens is 2. The second kappa shape index (κ2) is 6.64. The van der Waals surface area contributed by atoms with Crippen LogP contribution in [0.3, 0.4) is 0 Å². The number of carbonyl (C=O) groups is 2. The molecular weight excluding hydrogens is 336 g/mol. The van der Waals surface area contributed by atoms with E-state index in [1.807, 2.05) is 6.07 Å². The molecule has 23 heavy (non-hydrogen) atoms. The van der Waals surface area contributed by atoms with Crippen molar-refractivity contribution in [3.05, 3.63) is 36.0 Å². The van der Waals surface area contributed by atoms with Crippen LogP contribution in [0.25, 0.3) is 10.9 Å². The normalized spacial score (nSPS) is 18.0. The fourth-order valence-corrected chi connectivity index (χ4v) is 3.80. The van der Waals surface area contributed by atoms with Gasteiger partial charge in [-0.25, -0.2) is 0 Å². The van der Waals surface area contributed by atoms with Gasteiger partial charge in [0.05, 0.1) is 22.4 Å². The van der Waals surface area contributed by atoms with E-state index < -0.39 is 0 Å². The zero-order valence-corrected chi connectivity index (χ0v) is 13.8. The van der Waals surface area contributed by atoms with Gasteiger partial charge in [0.1, 0.15) is 5.25 Å². The molecule has 8 heteroatoms. The lowest BCUT2D eigenvalue weighted by Gasteiger charge is -2.31. The summed E-state index contributed by atoms with van der Waals surface area (Å²) in [5.41, 5.74) is 1.35. The first-order valence-electron chi connectivity index (χ1n) is 7.05. The van der Waals surface area contributed by atoms with Crippen molar-refractivity contribution in [2.45, 2.75) is 5.25 Å². The van der Waals surface area contributed by atoms with Crippen molar-refractivity contribution in [2.75, 3.05) is 24.2 Å². The maximum absolute atomic E-state index is 12.5. The second-order valence-electron chi connectivity index (χ2n) is 5.10. The van der Waals surface area contributed by atoms with Crippen LogP contribution < -0.4 is 5.32 Å². The molecule has 1 aliphatic rings. The van der Waals surface area contributed by atoms with Crippen molar-refractivity contribution in [2.24, 2.45) is 0 Å². The molecule has 1 aromatic carbocycles. The summed E-state index contributed by atoms with van der Waals surface area (Å²) in [5.74, 6) is 0.397. The maximum Gasteiger partial charge on any atom is 0.246 e. The van der Waals surface area contributed by atoms with E-state index in [2.05, 4.69) is 22.1 Å². The van der Waals surface area contributed by atoms with E-state index in [1.165, 1.54) is 17.8 Å². The van der Waals surface area contributed by atoms with Gasteiger partial charge in [0.25, 0.3) is 0 Å². The summed E-state index contributed by atoms with van der Waals surface area (Å²) in [6.45, 7) is 4.48. The van der Waals surface area contributed by atoms with Crippen molar-refractivity contribution in [1.29, 1.82) is 0 Å². The van der Waals surface area contributed by atoms with E-state index in [-0.39, 0.29) is 17.1 Å². The van der Waals surface area contributed by atoms with Crippen LogP contribution in [-0.2, 0) is 9.59 Å². The number of rotatable bonds is 3. The zero-order valence-electron chi connectivity index (χ0n) is 12.2. The smallest absolute Gasteiger partial charge is 0.246 e. The summed E-state index contributed by atoms with van der Waals surface area (Å²) >= 11 is 7.84. The van der Waals surface area contributed by atoms with Crippen LogP contribution in [0.4, 0.5) is 5.69 Å². The lowest BCUT2D eigenvalue weighted by Crippen LogP contribution is -2.45. The number of hydrogen-bond donors (Lipinski definition) is 2. The average Bonchev–Trinajstić information content (AvgIpc) is 3.06. The largest absolute Gasteiger partial charge is 0.337 e. The molecule has 0 radical (unpaired) electrons. The average molecular weight is 351 g/mol. The summed E-state index contributed by atoms with van der Waals surface area (Å²) < 4.78 is 0. The number of carbonyl (C=O) groups excluding carboxylic acids is 2. The minimum absolute atomic E-state index is 0.152. The Hall–Kier alpha value is -1.99. The zero-order chi connectivity index (χ0) is 16.4. The van der Waals surface area contributed by atoms with Crippen molar-refractivity contribution < 1.29 is 9.59 Å². The molecular formula is C15H15ClN4O2S. The fraction of sp³-hybridized carbons (Fsp3) is 0.267. The topological polar surface area (TPSA) is 78.1 Å². The third-order valence-corrected chi connectivity index (χ3v) is 5.25. The van der Waals surface area contributed by atoms with E-state index in [4.69, 9.17) is 11.6 Å². The minimum atomic E-state index is -0.330. The van der Waals surface area contributed by atoms with Crippen molar-refractivity contribution in [1.82, 2.24) is 15.1 Å². The van der Waals surface area contributed by atoms with Crippen LogP contribution in [0, 0.1) is 0 Å². The molecule has 1 unspecified atom stereocenters. The molecule has 0 spiro atoms. The molecule has 3 rings (SSSR count). The van der Waals surface area contributed by atoms with E-state index >= 15 is 0 Å². The van der Waals surface area contributed by atoms with Crippen LogP contribution in [-0.4, -0.2) is 51.0 Å². The van der Waals surface area contributed by atoms with Gasteiger partial charge in [-0.3, -0.25) is 14.7 Å². The molecule has 1 aromatic heterocycles. The van der Waals surface area contributed by atoms with Crippen LogP contribution in [0.2, 0.25) is 5.02 Å². The van der Waals surface area contributed by atoms with Gasteiger partial charge in [-0.15, -0.1) is 11.8 Å². The molecule has 1 atom stereocenters. The van der Waals surface area contributed by atoms with Gasteiger partial charge >= 0.3 is 0 Å². The molecule has 6 nitrogen and oxygen atoms in total. The fourth-order valence-electron chi connectivity index (χ4n) is 2.43. The Morgan fingerprint density at radius 3 is 3.13 bits per heavy atom. The Morgan fingerprint density at radius 2 is 2.35 bits per heavy atom. The van der Waals surface area contributed by atoms with Gasteiger partial charge in [-0.05, 0) is 18.2 Å². The van der Waals surface area contributed by atoms with E-state index in [0.29, 0.717) is 29.6 Å². The molecule has 0 saturated carbocycles. The number of benzene rings is 1. The second-order valence-corrected chi connectivity index (χ2v) is 6.78. The highest BCUT2D eigenvalue weighted by Crippen LogP contribution is 2.30. The number of halogens is 1. The molecule has 120 valence electrons. The summed E-state index contributed by atoms with van der Waals surface area (Å²) in [6, 6.07) is 3.55. The van der Waals surface area contributed by atoms with Crippen molar-refractivity contribution >= 4 is 51.8 Å². The Morgan fingerprint density at radius 1 is 1.52 bits per heavy atom. The SMILES string of the molecule is C=CC(=O)N1CCSC(C(=O)Nc2ccc3[nH]ncc3c2Cl)C1. The predicted octanol–water partition coefficient (Wildman–Crippen LogP) is 2.28. The third-order valence-electron chi connectivity index (χ3n) is 3.66. The maximum atomic E-state index is 12.5. The molecule has 0 aliphatic carbocycles. The number of nitrogens with zero attached hydrogens (tertiary/aromatic N) is 2.